The van der Waals surface area contributed by atoms with Gasteiger partial charge in [-0.15, -0.1) is 23.2 Å². The van der Waals surface area contributed by atoms with E-state index in [1.807, 2.05) is 6.92 Å². The summed E-state index contributed by atoms with van der Waals surface area (Å²) in [5, 5.41) is 11.4. The van der Waals surface area contributed by atoms with Gasteiger partial charge >= 0.3 is 0 Å². The fourth-order valence-corrected chi connectivity index (χ4v) is 6.84. The Kier molecular flexibility index (Phi) is 9.84. The van der Waals surface area contributed by atoms with E-state index in [0.29, 0.717) is 49.3 Å². The Bertz CT molecular complexity index is 670. The van der Waals surface area contributed by atoms with E-state index < -0.39 is 11.9 Å². The zero-order valence-corrected chi connectivity index (χ0v) is 20.7. The van der Waals surface area contributed by atoms with Crippen molar-refractivity contribution in [1.29, 1.82) is 0 Å². The number of alkyl halides is 2. The van der Waals surface area contributed by atoms with E-state index >= 15 is 0 Å². The van der Waals surface area contributed by atoms with Crippen molar-refractivity contribution in [3.63, 3.8) is 0 Å². The van der Waals surface area contributed by atoms with Crippen molar-refractivity contribution >= 4 is 40.7 Å². The molecule has 0 amide bonds. The minimum atomic E-state index is -1.27. The number of hydrogen-bond donors (Lipinski definition) is 0. The van der Waals surface area contributed by atoms with Crippen molar-refractivity contribution in [2.75, 3.05) is 44.5 Å². The predicted octanol–water partition coefficient (Wildman–Crippen LogP) is 2.20. The number of hydrogen-bond acceptors (Lipinski definition) is 6. The van der Waals surface area contributed by atoms with Crippen LogP contribution in [0.15, 0.2) is 0 Å². The monoisotopic (exact) mass is 487 g/mol. The van der Waals surface area contributed by atoms with E-state index in [-0.39, 0.29) is 36.1 Å². The highest BCUT2D eigenvalue weighted by atomic mass is 35.5. The summed E-state index contributed by atoms with van der Waals surface area (Å²) in [6.45, 7) is 5.47. The molecule has 1 saturated heterocycles. The topological polar surface area (TPSA) is 80.8 Å². The third-order valence-electron chi connectivity index (χ3n) is 8.01. The maximum atomic E-state index is 13.5. The van der Waals surface area contributed by atoms with Gasteiger partial charge in [-0.1, -0.05) is 13.3 Å². The summed E-state index contributed by atoms with van der Waals surface area (Å²) >= 11 is 11.9. The lowest BCUT2D eigenvalue weighted by Gasteiger charge is -2.48. The number of carboxylic acid groups (broad SMARTS) is 1. The van der Waals surface area contributed by atoms with E-state index in [4.69, 9.17) is 23.2 Å². The number of nitrogens with zero attached hydrogens (tertiary/aromatic N) is 2. The number of aliphatic carboxylic acids is 1. The van der Waals surface area contributed by atoms with Crippen molar-refractivity contribution in [2.24, 2.45) is 29.6 Å². The van der Waals surface area contributed by atoms with Gasteiger partial charge in [0.25, 0.3) is 0 Å². The van der Waals surface area contributed by atoms with Crippen LogP contribution < -0.4 is 5.11 Å². The zero-order valence-electron chi connectivity index (χ0n) is 19.1. The molecule has 3 fully saturated rings. The molecular weight excluding hydrogens is 451 g/mol. The molecule has 0 bridgehead atoms. The van der Waals surface area contributed by atoms with Crippen molar-refractivity contribution in [2.45, 2.75) is 57.9 Å². The maximum absolute atomic E-state index is 13.5. The second-order valence-electron chi connectivity index (χ2n) is 9.86. The summed E-state index contributed by atoms with van der Waals surface area (Å²) in [4.78, 5) is 42.1. The number of carboxylic acids is 1. The third kappa shape index (κ3) is 6.05. The van der Waals surface area contributed by atoms with Crippen LogP contribution in [0.3, 0.4) is 0 Å². The number of carbonyl (C=O) groups is 3. The lowest BCUT2D eigenvalue weighted by molar-refractivity contribution is -0.311. The minimum absolute atomic E-state index is 0.0203. The molecule has 0 N–H and O–H groups in total. The first-order valence-electron chi connectivity index (χ1n) is 12.3. The summed E-state index contributed by atoms with van der Waals surface area (Å²) in [6, 6.07) is -0.0203. The lowest BCUT2D eigenvalue weighted by atomic mass is 9.67. The van der Waals surface area contributed by atoms with Crippen LogP contribution in [0.25, 0.3) is 0 Å². The Balaban J connectivity index is 1.61. The van der Waals surface area contributed by atoms with Gasteiger partial charge in [-0.3, -0.25) is 14.5 Å². The van der Waals surface area contributed by atoms with E-state index in [2.05, 4.69) is 9.80 Å². The fraction of sp³-hybridized carbons (Fsp3) is 0.875. The second-order valence-corrected chi connectivity index (χ2v) is 10.6. The van der Waals surface area contributed by atoms with Gasteiger partial charge in [-0.2, -0.15) is 0 Å². The first-order valence-corrected chi connectivity index (χ1v) is 13.3. The maximum Gasteiger partial charge on any atom is 0.147 e. The Morgan fingerprint density at radius 1 is 1.06 bits per heavy atom. The van der Waals surface area contributed by atoms with E-state index in [0.717, 1.165) is 45.3 Å². The minimum Gasteiger partial charge on any atom is -0.549 e. The van der Waals surface area contributed by atoms with Crippen LogP contribution in [-0.4, -0.2) is 77.9 Å². The molecular formula is C24H37Cl2N2O4-. The molecule has 3 aliphatic rings. The average molecular weight is 488 g/mol. The number of likely N-dealkylation sites (tertiary alicyclic amines) is 1. The Morgan fingerprint density at radius 2 is 1.75 bits per heavy atom. The highest BCUT2D eigenvalue weighted by Gasteiger charge is 2.47. The largest absolute Gasteiger partial charge is 0.549 e. The Hall–Kier alpha value is -0.690. The fourth-order valence-electron chi connectivity index (χ4n) is 6.36. The third-order valence-corrected chi connectivity index (χ3v) is 8.35. The number of Topliss-reactive ketones (excluding diaryl/α,β-unsaturated/α-hetero) is 2. The van der Waals surface area contributed by atoms with Gasteiger partial charge in [-0.25, -0.2) is 0 Å². The van der Waals surface area contributed by atoms with Gasteiger partial charge in [0.05, 0.1) is 11.9 Å². The molecule has 0 aromatic carbocycles. The van der Waals surface area contributed by atoms with E-state index in [9.17, 15) is 19.5 Å². The van der Waals surface area contributed by atoms with Crippen LogP contribution in [0.4, 0.5) is 0 Å². The molecule has 182 valence electrons. The molecule has 2 saturated carbocycles. The molecule has 1 heterocycles. The quantitative estimate of drug-likeness (QED) is 0.347. The number of piperidine rings is 1. The van der Waals surface area contributed by atoms with E-state index in [1.165, 1.54) is 0 Å². The molecule has 6 nitrogen and oxygen atoms in total. The van der Waals surface area contributed by atoms with Crippen molar-refractivity contribution in [3.8, 4) is 0 Å². The number of halogens is 2. The SMILES string of the molecule is CCN1CC(C(=O)[O-])C(=O)C2CCC(C(=O)C3CCCC(CN(CCCl)CCCl)C3)CC21. The zero-order chi connectivity index (χ0) is 23.3. The van der Waals surface area contributed by atoms with Crippen molar-refractivity contribution in [1.82, 2.24) is 9.80 Å². The molecule has 2 aliphatic carbocycles. The normalized spacial score (nSPS) is 33.8. The summed E-state index contributed by atoms with van der Waals surface area (Å²) in [7, 11) is 0. The standard InChI is InChI=1S/C24H38Cl2N2O4/c1-2-28-15-20(24(31)32)23(30)19-7-6-18(13-21(19)28)22(29)17-5-3-4-16(12-17)14-27(10-8-25)11-9-26/h16-21H,2-15H2,1H3,(H,31,32)/p-1. The molecule has 8 heteroatoms. The Labute approximate surface area is 202 Å². The Morgan fingerprint density at radius 3 is 2.38 bits per heavy atom. The van der Waals surface area contributed by atoms with Crippen molar-refractivity contribution < 1.29 is 19.5 Å². The summed E-state index contributed by atoms with van der Waals surface area (Å²) in [5.74, 6) is -0.687. The molecule has 1 aliphatic heterocycles. The highest BCUT2D eigenvalue weighted by Crippen LogP contribution is 2.41. The average Bonchev–Trinajstić information content (AvgIpc) is 2.79. The number of fused-ring (bicyclic) bond motifs is 1. The molecule has 32 heavy (non-hydrogen) atoms. The first kappa shape index (κ1) is 25.9. The lowest BCUT2D eigenvalue weighted by Crippen LogP contribution is -2.59. The highest BCUT2D eigenvalue weighted by molar-refractivity contribution is 6.18. The first-order chi connectivity index (χ1) is 15.4. The van der Waals surface area contributed by atoms with E-state index in [1.54, 1.807) is 0 Å². The smallest absolute Gasteiger partial charge is 0.147 e. The van der Waals surface area contributed by atoms with Gasteiger partial charge in [0.1, 0.15) is 11.6 Å². The van der Waals surface area contributed by atoms with Crippen molar-refractivity contribution in [3.05, 3.63) is 0 Å². The molecule has 0 aromatic rings. The van der Waals surface area contributed by atoms with Gasteiger partial charge in [0.2, 0.25) is 0 Å². The molecule has 3 rings (SSSR count). The van der Waals surface area contributed by atoms with Gasteiger partial charge in [0.15, 0.2) is 0 Å². The number of carbonyl (C=O) groups excluding carboxylic acids is 3. The number of ketones is 2. The summed E-state index contributed by atoms with van der Waals surface area (Å²) in [5.41, 5.74) is 0. The molecule has 6 atom stereocenters. The predicted molar refractivity (Wildman–Crippen MR) is 124 cm³/mol. The summed E-state index contributed by atoms with van der Waals surface area (Å²) < 4.78 is 0. The van der Waals surface area contributed by atoms with Crippen LogP contribution in [0, 0.1) is 29.6 Å². The number of rotatable bonds is 10. The van der Waals surface area contributed by atoms with Gasteiger partial charge < -0.3 is 14.8 Å². The van der Waals surface area contributed by atoms with Crippen LogP contribution in [0.1, 0.15) is 51.9 Å². The van der Waals surface area contributed by atoms with Crippen LogP contribution >= 0.6 is 23.2 Å². The van der Waals surface area contributed by atoms with Crippen LogP contribution in [0.5, 0.6) is 0 Å². The van der Waals surface area contributed by atoms with Crippen LogP contribution in [0.2, 0.25) is 0 Å². The van der Waals surface area contributed by atoms with Gasteiger partial charge in [0, 0.05) is 61.7 Å². The molecule has 0 spiro atoms. The molecule has 6 unspecified atom stereocenters. The summed E-state index contributed by atoms with van der Waals surface area (Å²) in [6.07, 6.45) is 6.06. The van der Waals surface area contributed by atoms with Crippen LogP contribution in [-0.2, 0) is 14.4 Å². The molecule has 0 aromatic heterocycles. The second kappa shape index (κ2) is 12.1. The van der Waals surface area contributed by atoms with Gasteiger partial charge in [-0.05, 0) is 51.0 Å². The molecule has 0 radical (unpaired) electrons.